The zero-order valence-corrected chi connectivity index (χ0v) is 17.7. The normalized spacial score (nSPS) is 23.4. The molecule has 4 rings (SSSR count). The molecule has 1 aromatic rings. The van der Waals surface area contributed by atoms with Gasteiger partial charge < -0.3 is 14.7 Å². The molecule has 7 nitrogen and oxygen atoms in total. The SMILES string of the molecule is O=C(CN1CCN(C(=O)[C@@H]2CCCN2C(=O)c2cccs2)CC1)N1CCCCC1. The van der Waals surface area contributed by atoms with E-state index >= 15 is 0 Å². The molecule has 158 valence electrons. The zero-order valence-electron chi connectivity index (χ0n) is 16.9. The van der Waals surface area contributed by atoms with Crippen LogP contribution in [0, 0.1) is 0 Å². The summed E-state index contributed by atoms with van der Waals surface area (Å²) >= 11 is 1.43. The molecule has 0 bridgehead atoms. The van der Waals surface area contributed by atoms with Crippen LogP contribution in [0.2, 0.25) is 0 Å². The minimum atomic E-state index is -0.342. The van der Waals surface area contributed by atoms with E-state index in [1.807, 2.05) is 27.3 Å². The molecule has 0 radical (unpaired) electrons. The van der Waals surface area contributed by atoms with Crippen molar-refractivity contribution in [2.24, 2.45) is 0 Å². The van der Waals surface area contributed by atoms with E-state index in [1.165, 1.54) is 17.8 Å². The van der Waals surface area contributed by atoms with Crippen LogP contribution in [0.4, 0.5) is 0 Å². The summed E-state index contributed by atoms with van der Waals surface area (Å²) in [5.74, 6) is 0.254. The molecule has 1 atom stereocenters. The second kappa shape index (κ2) is 9.26. The minimum Gasteiger partial charge on any atom is -0.342 e. The van der Waals surface area contributed by atoms with E-state index in [0.717, 1.165) is 51.9 Å². The van der Waals surface area contributed by atoms with Crippen LogP contribution >= 0.6 is 11.3 Å². The van der Waals surface area contributed by atoms with Crippen LogP contribution < -0.4 is 0 Å². The van der Waals surface area contributed by atoms with Crippen molar-refractivity contribution >= 4 is 29.1 Å². The summed E-state index contributed by atoms with van der Waals surface area (Å²) in [6, 6.07) is 3.35. The molecular weight excluding hydrogens is 388 g/mol. The average molecular weight is 419 g/mol. The molecule has 3 saturated heterocycles. The number of piperidine rings is 1. The van der Waals surface area contributed by atoms with Gasteiger partial charge in [0, 0.05) is 45.8 Å². The number of nitrogens with zero attached hydrogens (tertiary/aromatic N) is 4. The van der Waals surface area contributed by atoms with Gasteiger partial charge in [0.2, 0.25) is 11.8 Å². The Kier molecular flexibility index (Phi) is 6.50. The fourth-order valence-electron chi connectivity index (χ4n) is 4.58. The first-order valence-electron chi connectivity index (χ1n) is 10.8. The summed E-state index contributed by atoms with van der Waals surface area (Å²) in [4.78, 5) is 46.8. The van der Waals surface area contributed by atoms with Gasteiger partial charge >= 0.3 is 0 Å². The van der Waals surface area contributed by atoms with Crippen LogP contribution in [0.25, 0.3) is 0 Å². The molecule has 3 amide bonds. The van der Waals surface area contributed by atoms with E-state index in [-0.39, 0.29) is 23.8 Å². The van der Waals surface area contributed by atoms with Gasteiger partial charge in [-0.25, -0.2) is 0 Å². The van der Waals surface area contributed by atoms with Gasteiger partial charge in [-0.3, -0.25) is 19.3 Å². The summed E-state index contributed by atoms with van der Waals surface area (Å²) in [5.41, 5.74) is 0. The van der Waals surface area contributed by atoms with Crippen LogP contribution in [0.15, 0.2) is 17.5 Å². The van der Waals surface area contributed by atoms with Gasteiger partial charge in [0.15, 0.2) is 0 Å². The van der Waals surface area contributed by atoms with Gasteiger partial charge in [-0.05, 0) is 43.6 Å². The van der Waals surface area contributed by atoms with Crippen molar-refractivity contribution < 1.29 is 14.4 Å². The molecule has 0 spiro atoms. The van der Waals surface area contributed by atoms with Gasteiger partial charge in [0.25, 0.3) is 5.91 Å². The van der Waals surface area contributed by atoms with Crippen molar-refractivity contribution in [1.29, 1.82) is 0 Å². The van der Waals surface area contributed by atoms with Crippen LogP contribution in [-0.4, -0.2) is 95.7 Å². The number of amides is 3. The maximum absolute atomic E-state index is 13.1. The van der Waals surface area contributed by atoms with E-state index in [4.69, 9.17) is 0 Å². The molecule has 0 aromatic carbocycles. The third-order valence-corrected chi connectivity index (χ3v) is 7.14. The summed E-state index contributed by atoms with van der Waals surface area (Å²) in [6.45, 7) is 5.56. The molecule has 0 aliphatic carbocycles. The second-order valence-electron chi connectivity index (χ2n) is 8.18. The molecule has 3 aliphatic rings. The van der Waals surface area contributed by atoms with Crippen molar-refractivity contribution in [2.75, 3.05) is 52.4 Å². The molecule has 1 aromatic heterocycles. The fraction of sp³-hybridized carbons (Fsp3) is 0.667. The van der Waals surface area contributed by atoms with E-state index in [9.17, 15) is 14.4 Å². The van der Waals surface area contributed by atoms with Gasteiger partial charge in [-0.2, -0.15) is 0 Å². The number of thiophene rings is 1. The molecule has 0 saturated carbocycles. The highest BCUT2D eigenvalue weighted by molar-refractivity contribution is 7.12. The standard InChI is InChI=1S/C21H30N4O3S/c26-19(23-8-2-1-3-9-23)16-22-11-13-24(14-12-22)20(27)17-6-4-10-25(17)21(28)18-7-5-15-29-18/h5,7,15,17H,1-4,6,8-14,16H2/t17-/m0/s1. The first-order chi connectivity index (χ1) is 14.1. The molecule has 8 heteroatoms. The maximum atomic E-state index is 13.1. The highest BCUT2D eigenvalue weighted by atomic mass is 32.1. The molecule has 3 fully saturated rings. The highest BCUT2D eigenvalue weighted by Gasteiger charge is 2.38. The Bertz CT molecular complexity index is 724. The number of hydrogen-bond donors (Lipinski definition) is 0. The van der Waals surface area contributed by atoms with Gasteiger partial charge in [-0.1, -0.05) is 6.07 Å². The van der Waals surface area contributed by atoms with Crippen LogP contribution in [0.5, 0.6) is 0 Å². The van der Waals surface area contributed by atoms with E-state index in [2.05, 4.69) is 4.90 Å². The molecule has 4 heterocycles. The summed E-state index contributed by atoms with van der Waals surface area (Å²) < 4.78 is 0. The van der Waals surface area contributed by atoms with Crippen LogP contribution in [0.3, 0.4) is 0 Å². The molecular formula is C21H30N4O3S. The first-order valence-corrected chi connectivity index (χ1v) is 11.6. The molecule has 29 heavy (non-hydrogen) atoms. The Hall–Kier alpha value is -1.93. The number of rotatable bonds is 4. The maximum Gasteiger partial charge on any atom is 0.264 e. The number of carbonyl (C=O) groups excluding carboxylic acids is 3. The average Bonchev–Trinajstić information content (AvgIpc) is 3.46. The predicted molar refractivity (Wildman–Crippen MR) is 112 cm³/mol. The lowest BCUT2D eigenvalue weighted by atomic mass is 10.1. The Morgan fingerprint density at radius 3 is 2.34 bits per heavy atom. The van der Waals surface area contributed by atoms with Crippen molar-refractivity contribution in [3.05, 3.63) is 22.4 Å². The van der Waals surface area contributed by atoms with Crippen molar-refractivity contribution in [2.45, 2.75) is 38.1 Å². The van der Waals surface area contributed by atoms with Crippen LogP contribution in [0.1, 0.15) is 41.8 Å². The lowest BCUT2D eigenvalue weighted by molar-refractivity contribution is -0.138. The number of carbonyl (C=O) groups is 3. The first kappa shape index (κ1) is 20.3. The van der Waals surface area contributed by atoms with Crippen molar-refractivity contribution in [3.63, 3.8) is 0 Å². The lowest BCUT2D eigenvalue weighted by Crippen LogP contribution is -2.55. The Balaban J connectivity index is 1.28. The molecule has 0 unspecified atom stereocenters. The highest BCUT2D eigenvalue weighted by Crippen LogP contribution is 2.24. The van der Waals surface area contributed by atoms with E-state index in [0.29, 0.717) is 31.1 Å². The van der Waals surface area contributed by atoms with Gasteiger partial charge in [0.05, 0.1) is 11.4 Å². The summed E-state index contributed by atoms with van der Waals surface area (Å²) in [6.07, 6.45) is 5.05. The van der Waals surface area contributed by atoms with Gasteiger partial charge in [-0.15, -0.1) is 11.3 Å². The third kappa shape index (κ3) is 4.64. The van der Waals surface area contributed by atoms with Crippen molar-refractivity contribution in [1.82, 2.24) is 19.6 Å². The van der Waals surface area contributed by atoms with E-state index in [1.54, 1.807) is 4.90 Å². The minimum absolute atomic E-state index is 0.0263. The fourth-order valence-corrected chi connectivity index (χ4v) is 5.26. The second-order valence-corrected chi connectivity index (χ2v) is 9.12. The summed E-state index contributed by atoms with van der Waals surface area (Å²) in [5, 5.41) is 1.89. The Morgan fingerprint density at radius 2 is 1.66 bits per heavy atom. The number of likely N-dealkylation sites (tertiary alicyclic amines) is 2. The van der Waals surface area contributed by atoms with Crippen molar-refractivity contribution in [3.8, 4) is 0 Å². The quantitative estimate of drug-likeness (QED) is 0.744. The topological polar surface area (TPSA) is 64.2 Å². The summed E-state index contributed by atoms with van der Waals surface area (Å²) in [7, 11) is 0. The van der Waals surface area contributed by atoms with Gasteiger partial charge in [0.1, 0.15) is 6.04 Å². The van der Waals surface area contributed by atoms with E-state index < -0.39 is 0 Å². The Labute approximate surface area is 176 Å². The Morgan fingerprint density at radius 1 is 0.897 bits per heavy atom. The largest absolute Gasteiger partial charge is 0.342 e. The number of hydrogen-bond acceptors (Lipinski definition) is 5. The molecule has 0 N–H and O–H groups in total. The zero-order chi connectivity index (χ0) is 20.2. The third-order valence-electron chi connectivity index (χ3n) is 6.28. The van der Waals surface area contributed by atoms with Crippen LogP contribution in [-0.2, 0) is 9.59 Å². The smallest absolute Gasteiger partial charge is 0.264 e. The number of piperazine rings is 1. The predicted octanol–water partition coefficient (Wildman–Crippen LogP) is 1.51. The monoisotopic (exact) mass is 418 g/mol. The molecule has 3 aliphatic heterocycles. The lowest BCUT2D eigenvalue weighted by Gasteiger charge is -2.38.